The van der Waals surface area contributed by atoms with Gasteiger partial charge in [-0.2, -0.15) is 15.5 Å². The molecule has 4 aromatic rings. The molecule has 31 heavy (non-hydrogen) atoms. The van der Waals surface area contributed by atoms with Crippen molar-refractivity contribution in [3.05, 3.63) is 48.7 Å². The molecule has 0 atom stereocenters. The molecule has 5 heterocycles. The van der Waals surface area contributed by atoms with Gasteiger partial charge in [-0.1, -0.05) is 0 Å². The van der Waals surface area contributed by atoms with Crippen LogP contribution in [0.2, 0.25) is 0 Å². The molecular weight excluding hydrogens is 414 g/mol. The van der Waals surface area contributed by atoms with Gasteiger partial charge in [-0.05, 0) is 12.1 Å². The topological polar surface area (TPSA) is 128 Å². The molecule has 1 N–H and O–H groups in total. The van der Waals surface area contributed by atoms with Crippen molar-refractivity contribution in [2.75, 3.05) is 36.5 Å². The third-order valence-electron chi connectivity index (χ3n) is 5.45. The molecule has 4 aromatic heterocycles. The van der Waals surface area contributed by atoms with E-state index in [-0.39, 0.29) is 0 Å². The Kier molecular flexibility index (Phi) is 4.63. The molecular formula is C20H19N9OS. The highest BCUT2D eigenvalue weighted by molar-refractivity contribution is 7.93. The highest BCUT2D eigenvalue weighted by Crippen LogP contribution is 2.29. The Morgan fingerprint density at radius 2 is 2.03 bits per heavy atom. The molecule has 0 spiro atoms. The predicted octanol–water partition coefficient (Wildman–Crippen LogP) is 1.97. The second-order valence-corrected chi connectivity index (χ2v) is 9.91. The van der Waals surface area contributed by atoms with Gasteiger partial charge in [-0.3, -0.25) is 5.10 Å². The van der Waals surface area contributed by atoms with E-state index >= 15 is 0 Å². The van der Waals surface area contributed by atoms with Gasteiger partial charge in [0.05, 0.1) is 30.0 Å². The summed E-state index contributed by atoms with van der Waals surface area (Å²) >= 11 is 0. The summed E-state index contributed by atoms with van der Waals surface area (Å²) < 4.78 is 18.1. The molecule has 0 amide bonds. The smallest absolute Gasteiger partial charge is 0.128 e. The van der Waals surface area contributed by atoms with E-state index in [9.17, 15) is 9.47 Å². The van der Waals surface area contributed by atoms with Crippen molar-refractivity contribution in [3.8, 4) is 28.6 Å². The monoisotopic (exact) mass is 433 g/mol. The van der Waals surface area contributed by atoms with Gasteiger partial charge >= 0.3 is 0 Å². The number of rotatable bonds is 3. The molecule has 0 aliphatic carbocycles. The lowest BCUT2D eigenvalue weighted by atomic mass is 10.1. The number of aromatic amines is 1. The minimum Gasteiger partial charge on any atom is -0.355 e. The van der Waals surface area contributed by atoms with E-state index in [2.05, 4.69) is 35.6 Å². The summed E-state index contributed by atoms with van der Waals surface area (Å²) in [5, 5.41) is 20.6. The number of nitriles is 1. The van der Waals surface area contributed by atoms with Crippen molar-refractivity contribution >= 4 is 21.1 Å². The largest absolute Gasteiger partial charge is 0.355 e. The average Bonchev–Trinajstić information content (AvgIpc) is 3.49. The van der Waals surface area contributed by atoms with Crippen LogP contribution in [0.25, 0.3) is 28.0 Å². The van der Waals surface area contributed by atoms with E-state index in [0.717, 1.165) is 16.9 Å². The van der Waals surface area contributed by atoms with Gasteiger partial charge in [-0.15, -0.1) is 0 Å². The standard InChI is InChI=1S/C20H19N9OS/c1-22-31(30)6-4-28(5-7-31)18-3-2-14(9-23-18)19-20-15(8-21)12-26-29(20)13-17(27-19)16-10-24-25-11-16/h2-3,9-13H,4-7H2,1H3,(H,24,25). The average molecular weight is 434 g/mol. The quantitative estimate of drug-likeness (QED) is 0.523. The van der Waals surface area contributed by atoms with Crippen molar-refractivity contribution in [1.29, 1.82) is 5.26 Å². The first kappa shape index (κ1) is 19.2. The Balaban J connectivity index is 1.54. The first-order valence-electron chi connectivity index (χ1n) is 9.70. The summed E-state index contributed by atoms with van der Waals surface area (Å²) in [5.41, 5.74) is 3.98. The first-order chi connectivity index (χ1) is 15.1. The number of pyridine rings is 1. The fraction of sp³-hybridized carbons (Fsp3) is 0.250. The number of anilines is 1. The third-order valence-corrected chi connectivity index (χ3v) is 7.76. The third kappa shape index (κ3) is 3.40. The second-order valence-electron chi connectivity index (χ2n) is 7.18. The number of hydrogen-bond acceptors (Lipinski definition) is 8. The van der Waals surface area contributed by atoms with E-state index in [1.165, 1.54) is 6.20 Å². The van der Waals surface area contributed by atoms with Crippen molar-refractivity contribution in [3.63, 3.8) is 0 Å². The van der Waals surface area contributed by atoms with Gasteiger partial charge in [0.2, 0.25) is 0 Å². The molecule has 0 aromatic carbocycles. The van der Waals surface area contributed by atoms with Crippen LogP contribution in [0.3, 0.4) is 0 Å². The second kappa shape index (κ2) is 7.48. The molecule has 1 aliphatic heterocycles. The fourth-order valence-electron chi connectivity index (χ4n) is 3.67. The van der Waals surface area contributed by atoms with Gasteiger partial charge in [0.15, 0.2) is 0 Å². The molecule has 1 fully saturated rings. The maximum atomic E-state index is 12.4. The Morgan fingerprint density at radius 1 is 1.19 bits per heavy atom. The summed E-state index contributed by atoms with van der Waals surface area (Å²) in [4.78, 5) is 11.5. The van der Waals surface area contributed by atoms with Gasteiger partial charge < -0.3 is 4.90 Å². The lowest BCUT2D eigenvalue weighted by Crippen LogP contribution is -2.40. The van der Waals surface area contributed by atoms with Crippen molar-refractivity contribution in [2.24, 2.45) is 4.36 Å². The molecule has 0 saturated carbocycles. The van der Waals surface area contributed by atoms with Crippen LogP contribution in [-0.2, 0) is 9.73 Å². The Labute approximate surface area is 178 Å². The molecule has 0 unspecified atom stereocenters. The molecule has 0 bridgehead atoms. The lowest BCUT2D eigenvalue weighted by molar-refractivity contribution is 0.664. The molecule has 1 saturated heterocycles. The zero-order valence-electron chi connectivity index (χ0n) is 16.8. The van der Waals surface area contributed by atoms with Crippen LogP contribution in [0, 0.1) is 11.3 Å². The van der Waals surface area contributed by atoms with Crippen molar-refractivity contribution in [2.45, 2.75) is 0 Å². The molecule has 156 valence electrons. The van der Waals surface area contributed by atoms with E-state index < -0.39 is 9.73 Å². The Hall–Kier alpha value is -3.78. The van der Waals surface area contributed by atoms with E-state index in [1.807, 2.05) is 12.1 Å². The van der Waals surface area contributed by atoms with Crippen LogP contribution in [0.5, 0.6) is 0 Å². The Morgan fingerprint density at radius 3 is 2.68 bits per heavy atom. The van der Waals surface area contributed by atoms with Gasteiger partial charge in [-0.25, -0.2) is 23.1 Å². The summed E-state index contributed by atoms with van der Waals surface area (Å²) in [6.07, 6.45) is 8.50. The van der Waals surface area contributed by atoms with Crippen molar-refractivity contribution in [1.82, 2.24) is 29.8 Å². The first-order valence-corrected chi connectivity index (χ1v) is 11.6. The van der Waals surface area contributed by atoms with E-state index in [0.29, 0.717) is 47.1 Å². The van der Waals surface area contributed by atoms with Gasteiger partial charge in [0.1, 0.15) is 23.0 Å². The van der Waals surface area contributed by atoms with Crippen molar-refractivity contribution < 1.29 is 4.21 Å². The van der Waals surface area contributed by atoms with Gasteiger partial charge in [0, 0.05) is 64.9 Å². The zero-order chi connectivity index (χ0) is 21.4. The normalized spacial score (nSPS) is 15.7. The number of nitrogens with zero attached hydrogens (tertiary/aromatic N) is 8. The Bertz CT molecular complexity index is 1390. The van der Waals surface area contributed by atoms with Crippen LogP contribution in [0.4, 0.5) is 5.82 Å². The number of nitrogens with one attached hydrogen (secondary N) is 1. The maximum absolute atomic E-state index is 12.4. The SMILES string of the molecule is CN=S1(=O)CCN(c2ccc(-c3nc(-c4cn[nH]c4)cn4ncc(C#N)c34)cn2)CC1. The van der Waals surface area contributed by atoms with Crippen LogP contribution in [0.15, 0.2) is 47.5 Å². The lowest BCUT2D eigenvalue weighted by Gasteiger charge is -2.29. The van der Waals surface area contributed by atoms with Crippen LogP contribution in [-0.4, -0.2) is 65.6 Å². The van der Waals surface area contributed by atoms with Crippen LogP contribution >= 0.6 is 0 Å². The highest BCUT2D eigenvalue weighted by Gasteiger charge is 2.21. The summed E-state index contributed by atoms with van der Waals surface area (Å²) in [5.74, 6) is 1.91. The fourth-order valence-corrected chi connectivity index (χ4v) is 5.25. The minimum absolute atomic E-state index is 0.444. The molecule has 10 nitrogen and oxygen atoms in total. The highest BCUT2D eigenvalue weighted by atomic mass is 32.2. The van der Waals surface area contributed by atoms with Crippen LogP contribution in [0.1, 0.15) is 5.56 Å². The molecule has 5 rings (SSSR count). The zero-order valence-corrected chi connectivity index (χ0v) is 17.6. The summed E-state index contributed by atoms with van der Waals surface area (Å²) in [6.45, 7) is 1.31. The number of H-pyrrole nitrogens is 1. The molecule has 11 heteroatoms. The number of fused-ring (bicyclic) bond motifs is 1. The minimum atomic E-state index is -2.07. The van der Waals surface area contributed by atoms with E-state index in [4.69, 9.17) is 4.98 Å². The number of aromatic nitrogens is 6. The molecule has 0 radical (unpaired) electrons. The number of hydrogen-bond donors (Lipinski definition) is 1. The van der Waals surface area contributed by atoms with E-state index in [1.54, 1.807) is 36.4 Å². The molecule has 1 aliphatic rings. The maximum Gasteiger partial charge on any atom is 0.128 e. The van der Waals surface area contributed by atoms with Gasteiger partial charge in [0.25, 0.3) is 0 Å². The summed E-state index contributed by atoms with van der Waals surface area (Å²) in [7, 11) is -0.447. The predicted molar refractivity (Wildman–Crippen MR) is 117 cm³/mol. The summed E-state index contributed by atoms with van der Waals surface area (Å²) in [6, 6.07) is 6.05. The van der Waals surface area contributed by atoms with Crippen LogP contribution < -0.4 is 4.90 Å².